The monoisotopic (exact) mass is 460 g/mol. The van der Waals surface area contributed by atoms with E-state index < -0.39 is 24.1 Å². The Morgan fingerprint density at radius 1 is 0.879 bits per heavy atom. The molecule has 184 valence electrons. The van der Waals surface area contributed by atoms with Gasteiger partial charge in [0.2, 0.25) is 0 Å². The maximum absolute atomic E-state index is 11.6. The lowest BCUT2D eigenvalue weighted by Crippen LogP contribution is -2.27. The van der Waals surface area contributed by atoms with E-state index in [1.54, 1.807) is 6.08 Å². The molecule has 0 spiro atoms. The fraction of sp³-hybridized carbons (Fsp3) is 0.481. The summed E-state index contributed by atoms with van der Waals surface area (Å²) in [5.41, 5.74) is 0. The first kappa shape index (κ1) is 30.3. The minimum absolute atomic E-state index is 0.142. The van der Waals surface area contributed by atoms with E-state index in [9.17, 15) is 14.7 Å². The van der Waals surface area contributed by atoms with Crippen LogP contribution in [0.5, 0.6) is 0 Å². The lowest BCUT2D eigenvalue weighted by atomic mass is 10.2. The summed E-state index contributed by atoms with van der Waals surface area (Å²) in [7, 11) is 0. The van der Waals surface area contributed by atoms with Crippen molar-refractivity contribution in [3.63, 3.8) is 0 Å². The Bertz CT molecular complexity index is 685. The molecule has 0 amide bonds. The van der Waals surface area contributed by atoms with E-state index in [4.69, 9.17) is 14.6 Å². The standard InChI is InChI=1S/C27H40O6/c1-3-4-5-6-13-16-19-25(30)20-17-14-11-9-7-8-10-12-15-18-21-27(31)32-23-26(22-28)33-24(2)29/h4-5,7-8,11-17,20,25-26,28,30H,3,6,9-10,18-19,21-23H2,1-2H3/b5-4-,8-7-,14-11-,15-12-,16-13-,20-17+/t25?,26-/m0/s1. The average molecular weight is 461 g/mol. The van der Waals surface area contributed by atoms with Gasteiger partial charge in [-0.05, 0) is 38.5 Å². The van der Waals surface area contributed by atoms with Crippen LogP contribution in [-0.2, 0) is 19.1 Å². The molecule has 6 heteroatoms. The van der Waals surface area contributed by atoms with E-state index in [-0.39, 0.29) is 19.6 Å². The highest BCUT2D eigenvalue weighted by Crippen LogP contribution is 2.01. The number of aliphatic hydroxyl groups is 2. The van der Waals surface area contributed by atoms with Crippen LogP contribution >= 0.6 is 0 Å². The molecule has 0 aromatic rings. The maximum atomic E-state index is 11.6. The van der Waals surface area contributed by atoms with Crippen molar-refractivity contribution in [2.75, 3.05) is 13.2 Å². The van der Waals surface area contributed by atoms with Crippen molar-refractivity contribution in [3.05, 3.63) is 72.9 Å². The molecule has 0 bridgehead atoms. The molecular formula is C27H40O6. The molecule has 0 aromatic heterocycles. The van der Waals surface area contributed by atoms with Gasteiger partial charge in [-0.25, -0.2) is 0 Å². The highest BCUT2D eigenvalue weighted by molar-refractivity contribution is 5.69. The number of allylic oxidation sites excluding steroid dienone is 10. The molecule has 2 atom stereocenters. The predicted octanol–water partition coefficient (Wildman–Crippen LogP) is 4.90. The molecule has 33 heavy (non-hydrogen) atoms. The summed E-state index contributed by atoms with van der Waals surface area (Å²) < 4.78 is 9.77. The fourth-order valence-electron chi connectivity index (χ4n) is 2.48. The van der Waals surface area contributed by atoms with Gasteiger partial charge in [0.1, 0.15) is 6.61 Å². The van der Waals surface area contributed by atoms with Crippen molar-refractivity contribution < 1.29 is 29.3 Å². The van der Waals surface area contributed by atoms with Crippen LogP contribution < -0.4 is 0 Å². The Balaban J connectivity index is 3.82. The molecule has 2 N–H and O–H groups in total. The molecule has 0 aliphatic carbocycles. The smallest absolute Gasteiger partial charge is 0.306 e. The maximum Gasteiger partial charge on any atom is 0.306 e. The molecule has 0 saturated heterocycles. The molecule has 0 aromatic carbocycles. The van der Waals surface area contributed by atoms with E-state index in [0.29, 0.717) is 12.8 Å². The number of ether oxygens (including phenoxy) is 2. The molecule has 0 fully saturated rings. The molecule has 0 rings (SSSR count). The third kappa shape index (κ3) is 22.3. The van der Waals surface area contributed by atoms with Crippen LogP contribution in [0.2, 0.25) is 0 Å². The Hall–Kier alpha value is -2.70. The van der Waals surface area contributed by atoms with E-state index in [2.05, 4.69) is 31.2 Å². The Kier molecular flexibility index (Phi) is 20.7. The van der Waals surface area contributed by atoms with Gasteiger partial charge in [-0.3, -0.25) is 9.59 Å². The minimum Gasteiger partial charge on any atom is -0.462 e. The van der Waals surface area contributed by atoms with Gasteiger partial charge in [0, 0.05) is 13.3 Å². The van der Waals surface area contributed by atoms with Gasteiger partial charge in [-0.1, -0.05) is 79.8 Å². The number of hydrogen-bond donors (Lipinski definition) is 2. The number of carbonyl (C=O) groups is 2. The number of rotatable bonds is 18. The minimum atomic E-state index is -0.818. The molecule has 1 unspecified atom stereocenters. The molecule has 0 radical (unpaired) electrons. The highest BCUT2D eigenvalue weighted by Gasteiger charge is 2.13. The zero-order chi connectivity index (χ0) is 24.6. The van der Waals surface area contributed by atoms with E-state index in [0.717, 1.165) is 25.7 Å². The first-order chi connectivity index (χ1) is 16.0. The highest BCUT2D eigenvalue weighted by atomic mass is 16.6. The van der Waals surface area contributed by atoms with E-state index in [1.807, 2.05) is 42.5 Å². The summed E-state index contributed by atoms with van der Waals surface area (Å²) in [6, 6.07) is 0. The number of carbonyl (C=O) groups excluding carboxylic acids is 2. The lowest BCUT2D eigenvalue weighted by Gasteiger charge is -2.14. The third-order valence-electron chi connectivity index (χ3n) is 4.16. The van der Waals surface area contributed by atoms with Gasteiger partial charge in [0.25, 0.3) is 0 Å². The van der Waals surface area contributed by atoms with Crippen LogP contribution in [-0.4, -0.2) is 47.6 Å². The molecular weight excluding hydrogens is 420 g/mol. The van der Waals surface area contributed by atoms with Crippen LogP contribution in [0.3, 0.4) is 0 Å². The summed E-state index contributed by atoms with van der Waals surface area (Å²) in [6.45, 7) is 2.81. The summed E-state index contributed by atoms with van der Waals surface area (Å²) in [5.74, 6) is -0.925. The van der Waals surface area contributed by atoms with Crippen molar-refractivity contribution in [1.29, 1.82) is 0 Å². The molecule has 0 heterocycles. The third-order valence-corrected chi connectivity index (χ3v) is 4.16. The van der Waals surface area contributed by atoms with Gasteiger partial charge >= 0.3 is 11.9 Å². The van der Waals surface area contributed by atoms with Gasteiger partial charge in [0.05, 0.1) is 12.7 Å². The number of aliphatic hydroxyl groups excluding tert-OH is 2. The number of hydrogen-bond acceptors (Lipinski definition) is 6. The normalized spacial score (nSPS) is 14.4. The summed E-state index contributed by atoms with van der Waals surface area (Å²) in [4.78, 5) is 22.4. The van der Waals surface area contributed by atoms with Crippen LogP contribution in [0.4, 0.5) is 0 Å². The van der Waals surface area contributed by atoms with Gasteiger partial charge in [0.15, 0.2) is 6.10 Å². The topological polar surface area (TPSA) is 93.1 Å². The first-order valence-electron chi connectivity index (χ1n) is 11.5. The largest absolute Gasteiger partial charge is 0.462 e. The molecule has 0 saturated carbocycles. The van der Waals surface area contributed by atoms with Gasteiger partial charge in [-0.15, -0.1) is 0 Å². The second-order valence-electron chi connectivity index (χ2n) is 7.25. The van der Waals surface area contributed by atoms with Crippen molar-refractivity contribution in [1.82, 2.24) is 0 Å². The van der Waals surface area contributed by atoms with Crippen molar-refractivity contribution in [3.8, 4) is 0 Å². The fourth-order valence-corrected chi connectivity index (χ4v) is 2.48. The second kappa shape index (κ2) is 22.5. The number of esters is 2. The molecule has 0 aliphatic rings. The van der Waals surface area contributed by atoms with Crippen LogP contribution in [0.15, 0.2) is 72.9 Å². The lowest BCUT2D eigenvalue weighted by molar-refractivity contribution is -0.159. The van der Waals surface area contributed by atoms with Crippen LogP contribution in [0.1, 0.15) is 58.8 Å². The Labute approximate surface area is 198 Å². The van der Waals surface area contributed by atoms with E-state index in [1.165, 1.54) is 6.92 Å². The quantitative estimate of drug-likeness (QED) is 0.172. The molecule has 0 aliphatic heterocycles. The van der Waals surface area contributed by atoms with E-state index >= 15 is 0 Å². The van der Waals surface area contributed by atoms with Crippen molar-refractivity contribution >= 4 is 11.9 Å². The Morgan fingerprint density at radius 2 is 1.52 bits per heavy atom. The summed E-state index contributed by atoms with van der Waals surface area (Å²) in [6.07, 6.45) is 27.5. The van der Waals surface area contributed by atoms with Crippen molar-refractivity contribution in [2.24, 2.45) is 0 Å². The zero-order valence-corrected chi connectivity index (χ0v) is 20.0. The van der Waals surface area contributed by atoms with Gasteiger partial charge in [-0.2, -0.15) is 0 Å². The van der Waals surface area contributed by atoms with Crippen molar-refractivity contribution in [2.45, 2.75) is 71.0 Å². The second-order valence-corrected chi connectivity index (χ2v) is 7.25. The first-order valence-corrected chi connectivity index (χ1v) is 11.5. The average Bonchev–Trinajstić information content (AvgIpc) is 2.79. The zero-order valence-electron chi connectivity index (χ0n) is 20.0. The van der Waals surface area contributed by atoms with Gasteiger partial charge < -0.3 is 19.7 Å². The van der Waals surface area contributed by atoms with Crippen LogP contribution in [0, 0.1) is 0 Å². The molecule has 6 nitrogen and oxygen atoms in total. The SMILES string of the molecule is CC/C=C\C/C=C\CC(O)/C=C/C=C\C/C=C\C/C=C\CCC(=O)OC[C@H](CO)OC(C)=O. The summed E-state index contributed by atoms with van der Waals surface area (Å²) in [5, 5.41) is 18.9. The Morgan fingerprint density at radius 3 is 2.18 bits per heavy atom. The summed E-state index contributed by atoms with van der Waals surface area (Å²) >= 11 is 0. The van der Waals surface area contributed by atoms with Crippen LogP contribution in [0.25, 0.3) is 0 Å². The predicted molar refractivity (Wildman–Crippen MR) is 132 cm³/mol.